The Morgan fingerprint density at radius 1 is 1.46 bits per heavy atom. The monoisotopic (exact) mass is 337 g/mol. The molecule has 0 unspecified atom stereocenters. The third-order valence-electron chi connectivity index (χ3n) is 4.31. The first-order valence-electron chi connectivity index (χ1n) is 7.90. The summed E-state index contributed by atoms with van der Waals surface area (Å²) in [6, 6.07) is 5.48. The van der Waals surface area contributed by atoms with Gasteiger partial charge in [-0.1, -0.05) is 6.07 Å². The molecule has 0 spiro atoms. The Bertz CT molecular complexity index is 633. The first kappa shape index (κ1) is 18.3. The summed E-state index contributed by atoms with van der Waals surface area (Å²) in [4.78, 5) is 15.5. The standard InChI is InChI=1S/C17H21F2N3O2/c1-21(7-2-6-20)17(24)5-8-22-11-13(23)10-16(22)12-3-4-14(18)15(19)9-12/h3-4,9,13,16,23H,2,5,7-8,10-11H2,1H3/t13-,16-/m0/s1. The fourth-order valence-corrected chi connectivity index (χ4v) is 2.97. The van der Waals surface area contributed by atoms with Gasteiger partial charge in [0.25, 0.3) is 0 Å². The Hall–Kier alpha value is -2.04. The second kappa shape index (κ2) is 8.18. The van der Waals surface area contributed by atoms with E-state index >= 15 is 0 Å². The van der Waals surface area contributed by atoms with E-state index < -0.39 is 17.7 Å². The van der Waals surface area contributed by atoms with Crippen molar-refractivity contribution in [3.63, 3.8) is 0 Å². The maximum atomic E-state index is 13.5. The number of aliphatic hydroxyl groups excluding tert-OH is 1. The van der Waals surface area contributed by atoms with E-state index in [1.54, 1.807) is 7.05 Å². The largest absolute Gasteiger partial charge is 0.392 e. The summed E-state index contributed by atoms with van der Waals surface area (Å²) < 4.78 is 26.5. The van der Waals surface area contributed by atoms with Crippen LogP contribution in [0.1, 0.15) is 30.9 Å². The number of likely N-dealkylation sites (tertiary alicyclic amines) is 1. The van der Waals surface area contributed by atoms with Crippen molar-refractivity contribution < 1.29 is 18.7 Å². The van der Waals surface area contributed by atoms with Crippen molar-refractivity contribution >= 4 is 5.91 Å². The Labute approximate surface area is 140 Å². The molecule has 1 amide bonds. The van der Waals surface area contributed by atoms with Crippen molar-refractivity contribution in [3.05, 3.63) is 35.4 Å². The maximum Gasteiger partial charge on any atom is 0.223 e. The summed E-state index contributed by atoms with van der Waals surface area (Å²) in [5.74, 6) is -1.91. The van der Waals surface area contributed by atoms with Gasteiger partial charge in [-0.2, -0.15) is 5.26 Å². The molecule has 1 saturated heterocycles. The molecule has 1 aliphatic rings. The van der Waals surface area contributed by atoms with Gasteiger partial charge in [-0.15, -0.1) is 0 Å². The van der Waals surface area contributed by atoms with E-state index in [4.69, 9.17) is 5.26 Å². The van der Waals surface area contributed by atoms with Crippen LogP contribution >= 0.6 is 0 Å². The zero-order chi connectivity index (χ0) is 17.7. The molecule has 24 heavy (non-hydrogen) atoms. The number of rotatable bonds is 6. The van der Waals surface area contributed by atoms with Gasteiger partial charge in [0, 0.05) is 39.1 Å². The number of benzene rings is 1. The van der Waals surface area contributed by atoms with Crippen LogP contribution in [0.15, 0.2) is 18.2 Å². The second-order valence-corrected chi connectivity index (χ2v) is 6.05. The molecule has 0 saturated carbocycles. The van der Waals surface area contributed by atoms with Crippen LogP contribution in [0.2, 0.25) is 0 Å². The molecule has 1 aliphatic heterocycles. The molecule has 1 fully saturated rings. The number of hydrogen-bond acceptors (Lipinski definition) is 4. The number of amides is 1. The number of β-amino-alcohol motifs (C(OH)–C–C–N with tert-alkyl or cyclic N) is 1. The summed E-state index contributed by atoms with van der Waals surface area (Å²) in [5.41, 5.74) is 0.593. The van der Waals surface area contributed by atoms with Crippen LogP contribution in [0.5, 0.6) is 0 Å². The van der Waals surface area contributed by atoms with Crippen LogP contribution in [0.25, 0.3) is 0 Å². The minimum absolute atomic E-state index is 0.0873. The normalized spacial score (nSPS) is 20.8. The summed E-state index contributed by atoms with van der Waals surface area (Å²) in [5, 5.41) is 18.5. The molecule has 2 atom stereocenters. The molecule has 1 aromatic rings. The van der Waals surface area contributed by atoms with Crippen molar-refractivity contribution in [1.82, 2.24) is 9.80 Å². The predicted octanol–water partition coefficient (Wildman–Crippen LogP) is 1.83. The van der Waals surface area contributed by atoms with E-state index in [0.717, 1.165) is 12.1 Å². The van der Waals surface area contributed by atoms with Crippen LogP contribution < -0.4 is 0 Å². The summed E-state index contributed by atoms with van der Waals surface area (Å²) in [6.07, 6.45) is 0.384. The second-order valence-electron chi connectivity index (χ2n) is 6.05. The number of hydrogen-bond donors (Lipinski definition) is 1. The number of aliphatic hydroxyl groups is 1. The van der Waals surface area contributed by atoms with Crippen LogP contribution in [0, 0.1) is 23.0 Å². The smallest absolute Gasteiger partial charge is 0.223 e. The van der Waals surface area contributed by atoms with Crippen LogP contribution in [0.3, 0.4) is 0 Å². The molecule has 5 nitrogen and oxygen atoms in total. The third-order valence-corrected chi connectivity index (χ3v) is 4.31. The summed E-state index contributed by atoms with van der Waals surface area (Å²) in [7, 11) is 1.64. The fraction of sp³-hybridized carbons (Fsp3) is 0.529. The molecule has 0 bridgehead atoms. The Balaban J connectivity index is 1.99. The van der Waals surface area contributed by atoms with Crippen LogP contribution in [0.4, 0.5) is 8.78 Å². The van der Waals surface area contributed by atoms with E-state index in [1.165, 1.54) is 11.0 Å². The van der Waals surface area contributed by atoms with Crippen molar-refractivity contribution in [2.45, 2.75) is 31.4 Å². The van der Waals surface area contributed by atoms with E-state index in [1.807, 2.05) is 11.0 Å². The van der Waals surface area contributed by atoms with E-state index in [2.05, 4.69) is 0 Å². The Morgan fingerprint density at radius 3 is 2.88 bits per heavy atom. The van der Waals surface area contributed by atoms with E-state index in [0.29, 0.717) is 31.6 Å². The lowest BCUT2D eigenvalue weighted by Crippen LogP contribution is -2.33. The van der Waals surface area contributed by atoms with Crippen LogP contribution in [-0.4, -0.2) is 53.6 Å². The van der Waals surface area contributed by atoms with Crippen LogP contribution in [-0.2, 0) is 4.79 Å². The van der Waals surface area contributed by atoms with Gasteiger partial charge in [0.15, 0.2) is 11.6 Å². The quantitative estimate of drug-likeness (QED) is 0.860. The zero-order valence-electron chi connectivity index (χ0n) is 13.6. The Morgan fingerprint density at radius 2 is 2.21 bits per heavy atom. The summed E-state index contributed by atoms with van der Waals surface area (Å²) >= 11 is 0. The lowest BCUT2D eigenvalue weighted by Gasteiger charge is -2.25. The lowest BCUT2D eigenvalue weighted by atomic mass is 10.0. The highest BCUT2D eigenvalue weighted by atomic mass is 19.2. The number of nitriles is 1. The van der Waals surface area contributed by atoms with Gasteiger partial charge in [-0.3, -0.25) is 9.69 Å². The molecular weight excluding hydrogens is 316 g/mol. The molecule has 0 aromatic heterocycles. The van der Waals surface area contributed by atoms with Gasteiger partial charge in [0.2, 0.25) is 5.91 Å². The highest BCUT2D eigenvalue weighted by Crippen LogP contribution is 2.32. The average Bonchev–Trinajstić information content (AvgIpc) is 2.93. The molecule has 0 aliphatic carbocycles. The topological polar surface area (TPSA) is 67.6 Å². The van der Waals surface area contributed by atoms with Gasteiger partial charge >= 0.3 is 0 Å². The molecular formula is C17H21F2N3O2. The minimum atomic E-state index is -0.916. The molecule has 1 heterocycles. The molecule has 130 valence electrons. The number of carbonyl (C=O) groups excluding carboxylic acids is 1. The van der Waals surface area contributed by atoms with Gasteiger partial charge in [-0.05, 0) is 24.1 Å². The molecule has 1 N–H and O–H groups in total. The van der Waals surface area contributed by atoms with Gasteiger partial charge in [-0.25, -0.2) is 8.78 Å². The first-order chi connectivity index (χ1) is 11.4. The van der Waals surface area contributed by atoms with Crippen molar-refractivity contribution in [1.29, 1.82) is 5.26 Å². The van der Waals surface area contributed by atoms with Crippen molar-refractivity contribution in [2.75, 3.05) is 26.7 Å². The summed E-state index contributed by atoms with van der Waals surface area (Å²) in [6.45, 7) is 1.18. The van der Waals surface area contributed by atoms with Gasteiger partial charge in [0.05, 0.1) is 18.6 Å². The molecule has 2 rings (SSSR count). The fourth-order valence-electron chi connectivity index (χ4n) is 2.97. The van der Waals surface area contributed by atoms with Crippen molar-refractivity contribution in [3.8, 4) is 6.07 Å². The SMILES string of the molecule is CN(CCC#N)C(=O)CCN1C[C@@H](O)C[C@H]1c1ccc(F)c(F)c1. The first-order valence-corrected chi connectivity index (χ1v) is 7.90. The Kier molecular flexibility index (Phi) is 6.23. The van der Waals surface area contributed by atoms with E-state index in [-0.39, 0.29) is 24.8 Å². The lowest BCUT2D eigenvalue weighted by molar-refractivity contribution is -0.130. The highest BCUT2D eigenvalue weighted by molar-refractivity contribution is 5.76. The number of nitrogens with zero attached hydrogens (tertiary/aromatic N) is 3. The maximum absolute atomic E-state index is 13.5. The number of halogens is 2. The molecule has 7 heteroatoms. The van der Waals surface area contributed by atoms with Gasteiger partial charge in [0.1, 0.15) is 0 Å². The van der Waals surface area contributed by atoms with E-state index in [9.17, 15) is 18.7 Å². The average molecular weight is 337 g/mol. The highest BCUT2D eigenvalue weighted by Gasteiger charge is 2.32. The molecule has 0 radical (unpaired) electrons. The van der Waals surface area contributed by atoms with Gasteiger partial charge < -0.3 is 10.0 Å². The number of carbonyl (C=O) groups is 1. The predicted molar refractivity (Wildman–Crippen MR) is 83.8 cm³/mol. The minimum Gasteiger partial charge on any atom is -0.392 e. The third kappa shape index (κ3) is 4.49. The molecule has 1 aromatic carbocycles. The zero-order valence-corrected chi connectivity index (χ0v) is 13.6. The van der Waals surface area contributed by atoms with Crippen molar-refractivity contribution in [2.24, 2.45) is 0 Å².